The lowest BCUT2D eigenvalue weighted by Gasteiger charge is -2.57. The van der Waals surface area contributed by atoms with Crippen LogP contribution in [0.2, 0.25) is 0 Å². The molecule has 3 atom stereocenters. The molecule has 0 aromatic heterocycles. The molecule has 3 aromatic carbocycles. The number of hydrogen-bond donors (Lipinski definition) is 2. The third-order valence-electron chi connectivity index (χ3n) is 7.50. The number of aryl methyl sites for hydroxylation is 1. The van der Waals surface area contributed by atoms with Gasteiger partial charge in [-0.2, -0.15) is 0 Å². The predicted molar refractivity (Wildman–Crippen MR) is 137 cm³/mol. The van der Waals surface area contributed by atoms with Crippen LogP contribution < -0.4 is 5.32 Å². The van der Waals surface area contributed by atoms with Crippen molar-refractivity contribution in [2.75, 3.05) is 31.6 Å². The normalized spacial score (nSPS) is 22.5. The van der Waals surface area contributed by atoms with Crippen molar-refractivity contribution in [3.05, 3.63) is 89.7 Å². The summed E-state index contributed by atoms with van der Waals surface area (Å²) in [7, 11) is 0. The maximum atomic E-state index is 13.2. The lowest BCUT2D eigenvalue weighted by atomic mass is 9.74. The molecule has 0 saturated carbocycles. The van der Waals surface area contributed by atoms with Gasteiger partial charge in [0, 0.05) is 36.8 Å². The molecule has 6 heteroatoms. The molecule has 2 aliphatic rings. The van der Waals surface area contributed by atoms with Crippen molar-refractivity contribution in [3.63, 3.8) is 0 Å². The summed E-state index contributed by atoms with van der Waals surface area (Å²) in [5.41, 5.74) is 5.43. The SMILES string of the molecule is Cc1ccccc1-c1ccc([C@@H]2[C@@H](CO)N3CCCCN(C(=O)Nc4ccc(F)cc4)C[C@H]23)cc1. The maximum absolute atomic E-state index is 13.2. The summed E-state index contributed by atoms with van der Waals surface area (Å²) in [6.45, 7) is 4.42. The number of aliphatic hydroxyl groups is 1. The average molecular weight is 474 g/mol. The average Bonchev–Trinajstić information content (AvgIpc) is 2.85. The minimum Gasteiger partial charge on any atom is -0.395 e. The number of nitrogens with zero attached hydrogens (tertiary/aromatic N) is 2. The Balaban J connectivity index is 1.35. The molecule has 35 heavy (non-hydrogen) atoms. The molecule has 0 spiro atoms. The summed E-state index contributed by atoms with van der Waals surface area (Å²) in [6.07, 6.45) is 1.89. The minimum atomic E-state index is -0.328. The summed E-state index contributed by atoms with van der Waals surface area (Å²) in [5, 5.41) is 13.1. The first-order valence-corrected chi connectivity index (χ1v) is 12.4. The molecule has 2 heterocycles. The smallest absolute Gasteiger partial charge is 0.321 e. The fraction of sp³-hybridized carbons (Fsp3) is 0.345. The third-order valence-corrected chi connectivity index (χ3v) is 7.50. The van der Waals surface area contributed by atoms with E-state index in [1.165, 1.54) is 34.4 Å². The first kappa shape index (κ1) is 23.5. The van der Waals surface area contributed by atoms with Crippen LogP contribution in [0.5, 0.6) is 0 Å². The van der Waals surface area contributed by atoms with E-state index in [0.29, 0.717) is 18.8 Å². The topological polar surface area (TPSA) is 55.8 Å². The highest BCUT2D eigenvalue weighted by Crippen LogP contribution is 2.42. The van der Waals surface area contributed by atoms with E-state index in [1.54, 1.807) is 12.1 Å². The summed E-state index contributed by atoms with van der Waals surface area (Å²) in [4.78, 5) is 17.3. The van der Waals surface area contributed by atoms with Crippen molar-refractivity contribution in [2.24, 2.45) is 0 Å². The molecule has 2 saturated heterocycles. The number of anilines is 1. The molecule has 0 aliphatic carbocycles. The Kier molecular flexibility index (Phi) is 6.84. The Hall–Kier alpha value is -3.22. The van der Waals surface area contributed by atoms with Gasteiger partial charge in [0.05, 0.1) is 6.61 Å². The van der Waals surface area contributed by atoms with Gasteiger partial charge < -0.3 is 15.3 Å². The van der Waals surface area contributed by atoms with Crippen LogP contribution in [-0.4, -0.2) is 59.3 Å². The molecule has 2 aliphatic heterocycles. The second-order valence-corrected chi connectivity index (χ2v) is 9.61. The third kappa shape index (κ3) is 4.81. The summed E-state index contributed by atoms with van der Waals surface area (Å²) < 4.78 is 13.2. The molecule has 2 fully saturated rings. The monoisotopic (exact) mass is 473 g/mol. The number of benzene rings is 3. The van der Waals surface area contributed by atoms with Crippen molar-refractivity contribution < 1.29 is 14.3 Å². The zero-order valence-electron chi connectivity index (χ0n) is 20.0. The zero-order chi connectivity index (χ0) is 24.4. The van der Waals surface area contributed by atoms with Crippen LogP contribution >= 0.6 is 0 Å². The Morgan fingerprint density at radius 3 is 2.43 bits per heavy atom. The number of aliphatic hydroxyl groups excluding tert-OH is 1. The number of fused-ring (bicyclic) bond motifs is 1. The van der Waals surface area contributed by atoms with Gasteiger partial charge in [0.2, 0.25) is 0 Å². The number of nitrogens with one attached hydrogen (secondary N) is 1. The molecular weight excluding hydrogens is 441 g/mol. The number of rotatable bonds is 4. The highest BCUT2D eigenvalue weighted by molar-refractivity contribution is 5.89. The van der Waals surface area contributed by atoms with Crippen molar-refractivity contribution in [3.8, 4) is 11.1 Å². The fourth-order valence-corrected chi connectivity index (χ4v) is 5.64. The first-order chi connectivity index (χ1) is 17.0. The molecule has 2 N–H and O–H groups in total. The molecule has 5 rings (SSSR count). The van der Waals surface area contributed by atoms with Gasteiger partial charge in [-0.05, 0) is 72.8 Å². The van der Waals surface area contributed by atoms with E-state index < -0.39 is 0 Å². The van der Waals surface area contributed by atoms with Gasteiger partial charge in [0.25, 0.3) is 0 Å². The number of carbonyl (C=O) groups is 1. The second-order valence-electron chi connectivity index (χ2n) is 9.61. The largest absolute Gasteiger partial charge is 0.395 e. The van der Waals surface area contributed by atoms with E-state index >= 15 is 0 Å². The van der Waals surface area contributed by atoms with Crippen LogP contribution in [0.4, 0.5) is 14.9 Å². The summed E-state index contributed by atoms with van der Waals surface area (Å²) in [5.74, 6) is -0.171. The van der Waals surface area contributed by atoms with E-state index in [2.05, 4.69) is 65.7 Å². The van der Waals surface area contributed by atoms with Gasteiger partial charge >= 0.3 is 6.03 Å². The molecule has 182 valence electrons. The van der Waals surface area contributed by atoms with Gasteiger partial charge in [-0.15, -0.1) is 0 Å². The lowest BCUT2D eigenvalue weighted by Crippen LogP contribution is -2.68. The Morgan fingerprint density at radius 1 is 1.00 bits per heavy atom. The Bertz CT molecular complexity index is 1170. The Labute approximate surface area is 206 Å². The van der Waals surface area contributed by atoms with Crippen molar-refractivity contribution in [2.45, 2.75) is 37.8 Å². The number of amides is 2. The van der Waals surface area contributed by atoms with Crippen molar-refractivity contribution in [1.29, 1.82) is 0 Å². The van der Waals surface area contributed by atoms with E-state index in [4.69, 9.17) is 0 Å². The predicted octanol–water partition coefficient (Wildman–Crippen LogP) is 5.26. The highest BCUT2D eigenvalue weighted by atomic mass is 19.1. The van der Waals surface area contributed by atoms with E-state index in [9.17, 15) is 14.3 Å². The number of urea groups is 1. The van der Waals surface area contributed by atoms with Crippen LogP contribution in [0, 0.1) is 12.7 Å². The van der Waals surface area contributed by atoms with E-state index in [-0.39, 0.29) is 36.5 Å². The fourth-order valence-electron chi connectivity index (χ4n) is 5.64. The number of hydrogen-bond acceptors (Lipinski definition) is 3. The summed E-state index contributed by atoms with van der Waals surface area (Å²) in [6, 6.07) is 22.9. The number of halogens is 1. The highest BCUT2D eigenvalue weighted by Gasteiger charge is 2.49. The van der Waals surface area contributed by atoms with Crippen LogP contribution in [0.15, 0.2) is 72.8 Å². The maximum Gasteiger partial charge on any atom is 0.321 e. The Morgan fingerprint density at radius 2 is 1.71 bits per heavy atom. The summed E-state index contributed by atoms with van der Waals surface area (Å²) >= 11 is 0. The van der Waals surface area contributed by atoms with Gasteiger partial charge in [-0.3, -0.25) is 4.90 Å². The van der Waals surface area contributed by atoms with Crippen LogP contribution in [-0.2, 0) is 0 Å². The van der Waals surface area contributed by atoms with Gasteiger partial charge in [-0.25, -0.2) is 9.18 Å². The lowest BCUT2D eigenvalue weighted by molar-refractivity contribution is -0.0585. The van der Waals surface area contributed by atoms with Crippen molar-refractivity contribution >= 4 is 11.7 Å². The minimum absolute atomic E-state index is 0.0596. The van der Waals surface area contributed by atoms with Crippen LogP contribution in [0.1, 0.15) is 29.9 Å². The molecule has 5 nitrogen and oxygen atoms in total. The van der Waals surface area contributed by atoms with E-state index in [1.807, 2.05) is 4.90 Å². The van der Waals surface area contributed by atoms with Gasteiger partial charge in [0.15, 0.2) is 0 Å². The standard InChI is InChI=1S/C29H32FN3O2/c1-20-6-2-3-7-25(20)21-8-10-22(11-9-21)28-26-18-32(16-4-5-17-33(26)27(28)19-34)29(35)31-24-14-12-23(30)13-15-24/h2-3,6-15,26-28,34H,4-5,16-19H2,1H3,(H,31,35)/t26-,27-,28+/m1/s1. The molecule has 3 aromatic rings. The quantitative estimate of drug-likeness (QED) is 0.544. The van der Waals surface area contributed by atoms with Gasteiger partial charge in [0.1, 0.15) is 5.82 Å². The van der Waals surface area contributed by atoms with Crippen LogP contribution in [0.3, 0.4) is 0 Å². The molecule has 0 bridgehead atoms. The van der Waals surface area contributed by atoms with Crippen LogP contribution in [0.25, 0.3) is 11.1 Å². The van der Waals surface area contributed by atoms with Crippen molar-refractivity contribution in [1.82, 2.24) is 9.80 Å². The molecule has 2 amide bonds. The number of carbonyl (C=O) groups excluding carboxylic acids is 1. The molecular formula is C29H32FN3O2. The zero-order valence-corrected chi connectivity index (χ0v) is 20.0. The first-order valence-electron chi connectivity index (χ1n) is 12.4. The van der Waals surface area contributed by atoms with Gasteiger partial charge in [-0.1, -0.05) is 48.5 Å². The second kappa shape index (κ2) is 10.2. The molecule has 0 radical (unpaired) electrons. The van der Waals surface area contributed by atoms with E-state index in [0.717, 1.165) is 19.4 Å². The molecule has 0 unspecified atom stereocenters.